The summed E-state index contributed by atoms with van der Waals surface area (Å²) in [7, 11) is 0. The van der Waals surface area contributed by atoms with Crippen LogP contribution in [-0.2, 0) is 4.79 Å². The number of rotatable bonds is 18. The molecule has 0 aromatic carbocycles. The van der Waals surface area contributed by atoms with E-state index in [-0.39, 0.29) is 12.5 Å². The van der Waals surface area contributed by atoms with E-state index in [4.69, 9.17) is 0 Å². The first-order valence-electron chi connectivity index (χ1n) is 10.9. The maximum Gasteiger partial charge on any atom is 0.105 e. The number of carboxylic acid groups (broad SMARTS) is 1. The lowest BCUT2D eigenvalue weighted by Crippen LogP contribution is -2.54. The molecule has 4 nitrogen and oxygen atoms in total. The van der Waals surface area contributed by atoms with Crippen molar-refractivity contribution in [3.05, 3.63) is 12.2 Å². The molecule has 0 rings (SSSR count). The van der Waals surface area contributed by atoms with Crippen molar-refractivity contribution in [3.8, 4) is 0 Å². The summed E-state index contributed by atoms with van der Waals surface area (Å²) in [6, 6.07) is 0. The Morgan fingerprint density at radius 3 is 2.04 bits per heavy atom. The fourth-order valence-corrected chi connectivity index (χ4v) is 3.67. The number of carboxylic acids is 1. The predicted octanol–water partition coefficient (Wildman–Crippen LogP) is 3.82. The predicted molar refractivity (Wildman–Crippen MR) is 108 cm³/mol. The highest BCUT2D eigenvalue weighted by Gasteiger charge is 2.29. The van der Waals surface area contributed by atoms with E-state index >= 15 is 0 Å². The summed E-state index contributed by atoms with van der Waals surface area (Å²) in [5.74, 6) is -0.963. The second-order valence-electron chi connectivity index (χ2n) is 7.70. The number of quaternary nitrogens is 1. The van der Waals surface area contributed by atoms with Crippen LogP contribution in [0.4, 0.5) is 0 Å². The van der Waals surface area contributed by atoms with Gasteiger partial charge in [0.1, 0.15) is 12.6 Å². The summed E-state index contributed by atoms with van der Waals surface area (Å²) < 4.78 is 0.867. The van der Waals surface area contributed by atoms with Gasteiger partial charge in [-0.1, -0.05) is 45.8 Å². The Labute approximate surface area is 161 Å². The van der Waals surface area contributed by atoms with Crippen molar-refractivity contribution >= 4 is 5.97 Å². The summed E-state index contributed by atoms with van der Waals surface area (Å²) in [6.07, 6.45) is 14.5. The maximum absolute atomic E-state index is 10.9. The molecule has 0 radical (unpaired) electrons. The molecular weight excluding hydrogens is 326 g/mol. The van der Waals surface area contributed by atoms with Gasteiger partial charge < -0.3 is 19.5 Å². The molecule has 26 heavy (non-hydrogen) atoms. The highest BCUT2D eigenvalue weighted by Crippen LogP contribution is 2.18. The van der Waals surface area contributed by atoms with Gasteiger partial charge in [-0.25, -0.2) is 0 Å². The summed E-state index contributed by atoms with van der Waals surface area (Å²) in [6.45, 7) is 10.2. The number of allylic oxidation sites excluding steroid dienone is 2. The van der Waals surface area contributed by atoms with Crippen LogP contribution in [-0.4, -0.2) is 47.8 Å². The Balaban J connectivity index is 4.91. The topological polar surface area (TPSA) is 60.4 Å². The van der Waals surface area contributed by atoms with Crippen LogP contribution in [0.5, 0.6) is 0 Å². The van der Waals surface area contributed by atoms with Crippen molar-refractivity contribution in [2.75, 3.05) is 26.2 Å². The Kier molecular flexibility index (Phi) is 15.8. The third kappa shape index (κ3) is 13.3. The van der Waals surface area contributed by atoms with E-state index in [1.807, 2.05) is 0 Å². The second kappa shape index (κ2) is 16.3. The van der Waals surface area contributed by atoms with Crippen molar-refractivity contribution in [1.82, 2.24) is 0 Å². The molecule has 0 aliphatic heterocycles. The van der Waals surface area contributed by atoms with E-state index in [9.17, 15) is 15.0 Å². The lowest BCUT2D eigenvalue weighted by atomic mass is 10.1. The monoisotopic (exact) mass is 369 g/mol. The van der Waals surface area contributed by atoms with Gasteiger partial charge in [-0.05, 0) is 51.4 Å². The van der Waals surface area contributed by atoms with Crippen LogP contribution in [0.3, 0.4) is 0 Å². The van der Waals surface area contributed by atoms with Gasteiger partial charge in [0, 0.05) is 12.4 Å². The molecule has 0 fully saturated rings. The second-order valence-corrected chi connectivity index (χ2v) is 7.70. The van der Waals surface area contributed by atoms with E-state index < -0.39 is 5.97 Å². The summed E-state index contributed by atoms with van der Waals surface area (Å²) in [5.41, 5.74) is 0. The third-order valence-corrected chi connectivity index (χ3v) is 5.15. The van der Waals surface area contributed by atoms with E-state index in [2.05, 4.69) is 32.9 Å². The molecule has 0 heterocycles. The van der Waals surface area contributed by atoms with Crippen LogP contribution in [0.15, 0.2) is 12.2 Å². The molecule has 0 aromatic heterocycles. The number of hydrogen-bond acceptors (Lipinski definition) is 3. The molecule has 1 unspecified atom stereocenters. The Morgan fingerprint density at radius 2 is 1.54 bits per heavy atom. The fourth-order valence-electron chi connectivity index (χ4n) is 3.67. The van der Waals surface area contributed by atoms with Crippen LogP contribution in [0, 0.1) is 0 Å². The van der Waals surface area contributed by atoms with Gasteiger partial charge in [-0.3, -0.25) is 0 Å². The molecule has 0 spiro atoms. The van der Waals surface area contributed by atoms with Crippen LogP contribution in [0.25, 0.3) is 0 Å². The van der Waals surface area contributed by atoms with E-state index in [0.717, 1.165) is 62.8 Å². The third-order valence-electron chi connectivity index (χ3n) is 5.15. The van der Waals surface area contributed by atoms with Crippen molar-refractivity contribution in [2.24, 2.45) is 0 Å². The van der Waals surface area contributed by atoms with Gasteiger partial charge in [-0.15, -0.1) is 0 Å². The standard InChI is InChI=1S/C22H43NO3/c1-4-7-10-11-15-21(24)20-23(17-12-8-5-2,18-13-9-6-3)19-14-16-22(25)26/h7,10,21,24H,4-6,8-9,11-20H2,1-3H3/b10-7+. The molecule has 0 aliphatic rings. The molecule has 1 atom stereocenters. The fraction of sp³-hybridized carbons (Fsp3) is 0.864. The molecule has 0 aliphatic carbocycles. The number of carbonyl (C=O) groups is 1. The van der Waals surface area contributed by atoms with Crippen LogP contribution >= 0.6 is 0 Å². The number of nitrogens with zero attached hydrogens (tertiary/aromatic N) is 1. The van der Waals surface area contributed by atoms with Gasteiger partial charge in [0.25, 0.3) is 0 Å². The van der Waals surface area contributed by atoms with Crippen LogP contribution < -0.4 is 5.11 Å². The highest BCUT2D eigenvalue weighted by atomic mass is 16.4. The minimum absolute atomic E-state index is 0.122. The normalized spacial score (nSPS) is 13.4. The summed E-state index contributed by atoms with van der Waals surface area (Å²) in [4.78, 5) is 10.9. The Morgan fingerprint density at radius 1 is 0.962 bits per heavy atom. The zero-order valence-electron chi connectivity index (χ0n) is 17.5. The molecule has 0 saturated carbocycles. The highest BCUT2D eigenvalue weighted by molar-refractivity contribution is 5.64. The largest absolute Gasteiger partial charge is 0.550 e. The van der Waals surface area contributed by atoms with E-state index in [1.165, 1.54) is 25.7 Å². The minimum atomic E-state index is -0.963. The lowest BCUT2D eigenvalue weighted by Gasteiger charge is -2.41. The number of carbonyl (C=O) groups excluding carboxylic acids is 1. The number of aliphatic hydroxyl groups is 1. The van der Waals surface area contributed by atoms with Gasteiger partial charge in [0.05, 0.1) is 19.6 Å². The molecule has 154 valence electrons. The number of unbranched alkanes of at least 4 members (excludes halogenated alkanes) is 4. The lowest BCUT2D eigenvalue weighted by molar-refractivity contribution is -0.931. The molecule has 1 N–H and O–H groups in total. The van der Waals surface area contributed by atoms with Crippen molar-refractivity contribution < 1.29 is 19.5 Å². The van der Waals surface area contributed by atoms with Crippen LogP contribution in [0.2, 0.25) is 0 Å². The molecule has 0 bridgehead atoms. The van der Waals surface area contributed by atoms with E-state index in [1.54, 1.807) is 0 Å². The molecule has 0 amide bonds. The van der Waals surface area contributed by atoms with Gasteiger partial charge >= 0.3 is 0 Å². The zero-order chi connectivity index (χ0) is 19.7. The summed E-state index contributed by atoms with van der Waals surface area (Å²) in [5, 5.41) is 21.5. The zero-order valence-corrected chi connectivity index (χ0v) is 17.5. The first kappa shape index (κ1) is 25.1. The van der Waals surface area contributed by atoms with Crippen molar-refractivity contribution in [2.45, 2.75) is 97.5 Å². The van der Waals surface area contributed by atoms with Gasteiger partial charge in [0.2, 0.25) is 0 Å². The molecule has 4 heteroatoms. The molecular formula is C22H43NO3. The average Bonchev–Trinajstić information content (AvgIpc) is 2.59. The van der Waals surface area contributed by atoms with Gasteiger partial charge in [-0.2, -0.15) is 0 Å². The SMILES string of the molecule is CC/C=C/CCC(O)C[N+](CCCCC)(CCCCC)CCCC(=O)[O-]. The minimum Gasteiger partial charge on any atom is -0.550 e. The summed E-state index contributed by atoms with van der Waals surface area (Å²) >= 11 is 0. The first-order valence-corrected chi connectivity index (χ1v) is 10.9. The number of aliphatic carboxylic acids is 1. The molecule has 0 saturated heterocycles. The Hall–Kier alpha value is -0.870. The van der Waals surface area contributed by atoms with Crippen molar-refractivity contribution in [3.63, 3.8) is 0 Å². The smallest absolute Gasteiger partial charge is 0.105 e. The van der Waals surface area contributed by atoms with Crippen molar-refractivity contribution in [1.29, 1.82) is 0 Å². The van der Waals surface area contributed by atoms with Gasteiger partial charge in [0.15, 0.2) is 0 Å². The number of aliphatic hydroxyl groups excluding tert-OH is 1. The van der Waals surface area contributed by atoms with E-state index in [0.29, 0.717) is 6.42 Å². The maximum atomic E-state index is 10.9. The first-order chi connectivity index (χ1) is 12.5. The Bertz CT molecular complexity index is 358. The molecule has 0 aromatic rings. The van der Waals surface area contributed by atoms with Crippen LogP contribution in [0.1, 0.15) is 91.4 Å². The number of hydrogen-bond donors (Lipinski definition) is 1. The average molecular weight is 370 g/mol. The quantitative estimate of drug-likeness (QED) is 0.227.